The number of piperazine rings is 1. The SMILES string of the molecule is CS(=O)(=O)N1CCN(C(=O)CCC(=O)Nc2nc3ccccc3[nH]2)CC1. The number of imidazole rings is 1. The summed E-state index contributed by atoms with van der Waals surface area (Å²) in [6.07, 6.45) is 1.28. The highest BCUT2D eigenvalue weighted by molar-refractivity contribution is 7.88. The molecule has 2 N–H and O–H groups in total. The molecule has 0 bridgehead atoms. The third-order valence-electron chi connectivity index (χ3n) is 4.27. The number of nitrogens with zero attached hydrogens (tertiary/aromatic N) is 3. The maximum Gasteiger partial charge on any atom is 0.227 e. The minimum Gasteiger partial charge on any atom is -0.340 e. The number of hydrogen-bond acceptors (Lipinski definition) is 5. The number of rotatable bonds is 5. The predicted octanol–water partition coefficient (Wildman–Crippen LogP) is 0.385. The summed E-state index contributed by atoms with van der Waals surface area (Å²) in [6.45, 7) is 1.26. The molecule has 2 heterocycles. The van der Waals surface area contributed by atoms with Crippen molar-refractivity contribution < 1.29 is 18.0 Å². The van der Waals surface area contributed by atoms with Gasteiger partial charge in [0.05, 0.1) is 17.3 Å². The van der Waals surface area contributed by atoms with Gasteiger partial charge in [-0.25, -0.2) is 13.4 Å². The van der Waals surface area contributed by atoms with Gasteiger partial charge in [0.1, 0.15) is 0 Å². The van der Waals surface area contributed by atoms with Crippen LogP contribution < -0.4 is 5.32 Å². The van der Waals surface area contributed by atoms with E-state index in [0.29, 0.717) is 19.0 Å². The van der Waals surface area contributed by atoms with Crippen molar-refractivity contribution >= 4 is 38.8 Å². The van der Waals surface area contributed by atoms with Gasteiger partial charge < -0.3 is 9.88 Å². The number of hydrogen-bond donors (Lipinski definition) is 2. The molecule has 1 saturated heterocycles. The number of carbonyl (C=O) groups excluding carboxylic acids is 2. The second-order valence-corrected chi connectivity index (χ2v) is 8.18. The zero-order valence-electron chi connectivity index (χ0n) is 14.4. The Morgan fingerprint density at radius 2 is 1.85 bits per heavy atom. The average Bonchev–Trinajstić information content (AvgIpc) is 3.01. The van der Waals surface area contributed by atoms with Gasteiger partial charge in [-0.05, 0) is 12.1 Å². The third-order valence-corrected chi connectivity index (χ3v) is 5.58. The van der Waals surface area contributed by atoms with Gasteiger partial charge in [-0.3, -0.25) is 14.9 Å². The fourth-order valence-corrected chi connectivity index (χ4v) is 3.68. The summed E-state index contributed by atoms with van der Waals surface area (Å²) in [5.41, 5.74) is 1.57. The molecule has 1 aromatic heterocycles. The van der Waals surface area contributed by atoms with E-state index in [-0.39, 0.29) is 37.7 Å². The van der Waals surface area contributed by atoms with Crippen LogP contribution in [0.3, 0.4) is 0 Å². The summed E-state index contributed by atoms with van der Waals surface area (Å²) in [6, 6.07) is 7.42. The van der Waals surface area contributed by atoms with Gasteiger partial charge >= 0.3 is 0 Å². The van der Waals surface area contributed by atoms with Crippen LogP contribution in [0.4, 0.5) is 5.95 Å². The van der Waals surface area contributed by atoms with Gasteiger partial charge in [-0.15, -0.1) is 0 Å². The predicted molar refractivity (Wildman–Crippen MR) is 97.0 cm³/mol. The normalized spacial score (nSPS) is 16.0. The van der Waals surface area contributed by atoms with Gasteiger partial charge in [-0.2, -0.15) is 4.31 Å². The summed E-state index contributed by atoms with van der Waals surface area (Å²) in [4.78, 5) is 33.1. The van der Waals surface area contributed by atoms with Crippen LogP contribution >= 0.6 is 0 Å². The molecule has 26 heavy (non-hydrogen) atoms. The third kappa shape index (κ3) is 4.38. The number of nitrogens with one attached hydrogen (secondary N) is 2. The molecule has 140 valence electrons. The van der Waals surface area contributed by atoms with Crippen LogP contribution in [0.15, 0.2) is 24.3 Å². The van der Waals surface area contributed by atoms with Crippen LogP contribution in [0.25, 0.3) is 11.0 Å². The highest BCUT2D eigenvalue weighted by Gasteiger charge is 2.26. The summed E-state index contributed by atoms with van der Waals surface area (Å²) >= 11 is 0. The lowest BCUT2D eigenvalue weighted by atomic mass is 10.2. The van der Waals surface area contributed by atoms with E-state index in [2.05, 4.69) is 15.3 Å². The monoisotopic (exact) mass is 379 g/mol. The lowest BCUT2D eigenvalue weighted by Crippen LogP contribution is -2.50. The van der Waals surface area contributed by atoms with E-state index < -0.39 is 10.0 Å². The van der Waals surface area contributed by atoms with Crippen molar-refractivity contribution in [1.29, 1.82) is 0 Å². The Balaban J connectivity index is 1.46. The Hall–Kier alpha value is -2.46. The first kappa shape index (κ1) is 18.3. The Labute approximate surface area is 151 Å². The van der Waals surface area contributed by atoms with Gasteiger partial charge in [0.15, 0.2) is 0 Å². The summed E-state index contributed by atoms with van der Waals surface area (Å²) in [5.74, 6) is -0.101. The first-order chi connectivity index (χ1) is 12.3. The molecule has 0 spiro atoms. The zero-order valence-corrected chi connectivity index (χ0v) is 15.3. The lowest BCUT2D eigenvalue weighted by Gasteiger charge is -2.33. The Morgan fingerprint density at radius 1 is 1.15 bits per heavy atom. The molecule has 2 aromatic rings. The Morgan fingerprint density at radius 3 is 2.50 bits per heavy atom. The Kier molecular flexibility index (Phi) is 5.23. The maximum atomic E-state index is 12.2. The summed E-state index contributed by atoms with van der Waals surface area (Å²) in [7, 11) is -3.23. The fraction of sp³-hybridized carbons (Fsp3) is 0.438. The van der Waals surface area contributed by atoms with Crippen LogP contribution in [0.5, 0.6) is 0 Å². The molecule has 0 unspecified atom stereocenters. The molecule has 1 aliphatic rings. The quantitative estimate of drug-likeness (QED) is 0.779. The van der Waals surface area contributed by atoms with Crippen LogP contribution in [0.1, 0.15) is 12.8 Å². The standard InChI is InChI=1S/C16H21N5O4S/c1-26(24,25)21-10-8-20(9-11-21)15(23)7-6-14(22)19-16-17-12-4-2-3-5-13(12)18-16/h2-5H,6-11H2,1H3,(H2,17,18,19,22). The number of H-pyrrole nitrogens is 1. The number of sulfonamides is 1. The van der Waals surface area contributed by atoms with Crippen LogP contribution in [0, 0.1) is 0 Å². The number of benzene rings is 1. The number of amides is 2. The minimum atomic E-state index is -3.23. The number of aromatic amines is 1. The van der Waals surface area contributed by atoms with Crippen molar-refractivity contribution in [2.45, 2.75) is 12.8 Å². The smallest absolute Gasteiger partial charge is 0.227 e. The van der Waals surface area contributed by atoms with Crippen LogP contribution in [-0.4, -0.2) is 71.8 Å². The summed E-state index contributed by atoms with van der Waals surface area (Å²) in [5, 5.41) is 2.65. The Bertz CT molecular complexity index is 883. The van der Waals surface area contributed by atoms with E-state index in [1.807, 2.05) is 24.3 Å². The molecule has 0 saturated carbocycles. The van der Waals surface area contributed by atoms with E-state index in [1.165, 1.54) is 4.31 Å². The molecular formula is C16H21N5O4S. The van der Waals surface area contributed by atoms with Crippen molar-refractivity contribution in [1.82, 2.24) is 19.2 Å². The highest BCUT2D eigenvalue weighted by atomic mass is 32.2. The molecule has 3 rings (SSSR count). The molecule has 0 radical (unpaired) electrons. The van der Waals surface area contributed by atoms with Gasteiger partial charge in [0.25, 0.3) is 0 Å². The van der Waals surface area contributed by atoms with Crippen molar-refractivity contribution in [2.24, 2.45) is 0 Å². The topological polar surface area (TPSA) is 115 Å². The first-order valence-electron chi connectivity index (χ1n) is 8.30. The van der Waals surface area contributed by atoms with Gasteiger partial charge in [-0.1, -0.05) is 12.1 Å². The van der Waals surface area contributed by atoms with Crippen LogP contribution in [-0.2, 0) is 19.6 Å². The zero-order chi connectivity index (χ0) is 18.7. The van der Waals surface area contributed by atoms with Gasteiger partial charge in [0, 0.05) is 39.0 Å². The molecule has 9 nitrogen and oxygen atoms in total. The number of carbonyl (C=O) groups is 2. The molecular weight excluding hydrogens is 358 g/mol. The van der Waals surface area contributed by atoms with Crippen molar-refractivity contribution in [2.75, 3.05) is 37.8 Å². The summed E-state index contributed by atoms with van der Waals surface area (Å²) < 4.78 is 24.3. The largest absolute Gasteiger partial charge is 0.340 e. The second kappa shape index (κ2) is 7.42. The molecule has 2 amide bonds. The molecule has 1 fully saturated rings. The second-order valence-electron chi connectivity index (χ2n) is 6.19. The van der Waals surface area contributed by atoms with E-state index in [1.54, 1.807) is 4.90 Å². The molecule has 1 aromatic carbocycles. The van der Waals surface area contributed by atoms with Crippen LogP contribution in [0.2, 0.25) is 0 Å². The minimum absolute atomic E-state index is 0.0438. The lowest BCUT2D eigenvalue weighted by molar-refractivity contribution is -0.133. The van der Waals surface area contributed by atoms with E-state index in [0.717, 1.165) is 17.3 Å². The average molecular weight is 379 g/mol. The van der Waals surface area contributed by atoms with E-state index in [4.69, 9.17) is 0 Å². The van der Waals surface area contributed by atoms with Crippen molar-refractivity contribution in [3.63, 3.8) is 0 Å². The molecule has 0 atom stereocenters. The number of para-hydroxylation sites is 2. The number of anilines is 1. The number of aromatic nitrogens is 2. The highest BCUT2D eigenvalue weighted by Crippen LogP contribution is 2.14. The number of fused-ring (bicyclic) bond motifs is 1. The van der Waals surface area contributed by atoms with Gasteiger partial charge in [0.2, 0.25) is 27.8 Å². The maximum absolute atomic E-state index is 12.2. The molecule has 0 aliphatic carbocycles. The first-order valence-corrected chi connectivity index (χ1v) is 10.2. The fourth-order valence-electron chi connectivity index (χ4n) is 2.85. The van der Waals surface area contributed by atoms with Crippen molar-refractivity contribution in [3.05, 3.63) is 24.3 Å². The van der Waals surface area contributed by atoms with E-state index >= 15 is 0 Å². The van der Waals surface area contributed by atoms with E-state index in [9.17, 15) is 18.0 Å². The van der Waals surface area contributed by atoms with Crippen molar-refractivity contribution in [3.8, 4) is 0 Å². The molecule has 1 aliphatic heterocycles. The molecule has 10 heteroatoms.